The summed E-state index contributed by atoms with van der Waals surface area (Å²) in [5.74, 6) is -8.58. The van der Waals surface area contributed by atoms with Gasteiger partial charge in [0.1, 0.15) is 0 Å². The smallest absolute Gasteiger partial charge is 0.239 e. The predicted molar refractivity (Wildman–Crippen MR) is 60.5 cm³/mol. The Labute approximate surface area is 103 Å². The van der Waals surface area contributed by atoms with Gasteiger partial charge in [-0.3, -0.25) is 0 Å². The van der Waals surface area contributed by atoms with E-state index < -0.39 is 23.8 Å². The molecule has 0 fully saturated rings. The predicted octanol–water partition coefficient (Wildman–Crippen LogP) is -1.48. The molecule has 6 nitrogen and oxygen atoms in total. The number of benzene rings is 1. The van der Waals surface area contributed by atoms with Gasteiger partial charge in [0.2, 0.25) is 11.6 Å². The van der Waals surface area contributed by atoms with Crippen LogP contribution in [0.1, 0.15) is 12.0 Å². The van der Waals surface area contributed by atoms with Gasteiger partial charge < -0.3 is 30.6 Å². The highest BCUT2D eigenvalue weighted by atomic mass is 16.6. The molecule has 0 atom stereocenters. The molecule has 6 N–H and O–H groups in total. The van der Waals surface area contributed by atoms with Crippen LogP contribution in [0.5, 0.6) is 0 Å². The minimum atomic E-state index is -3.05. The molecule has 0 amide bonds. The number of rotatable bonds is 1. The minimum absolute atomic E-state index is 0.202. The van der Waals surface area contributed by atoms with Gasteiger partial charge >= 0.3 is 0 Å². The molecular weight excluding hydrogens is 240 g/mol. The van der Waals surface area contributed by atoms with Crippen LogP contribution in [0, 0.1) is 0 Å². The van der Waals surface area contributed by atoms with Crippen LogP contribution in [0.2, 0.25) is 0 Å². The van der Waals surface area contributed by atoms with Gasteiger partial charge in [-0.25, -0.2) is 0 Å². The second-order valence-corrected chi connectivity index (χ2v) is 4.46. The van der Waals surface area contributed by atoms with E-state index >= 15 is 0 Å². The molecule has 0 saturated carbocycles. The number of aliphatic hydroxyl groups is 6. The van der Waals surface area contributed by atoms with Crippen molar-refractivity contribution in [2.75, 3.05) is 0 Å². The second-order valence-electron chi connectivity index (χ2n) is 4.46. The molecule has 6 heteroatoms. The van der Waals surface area contributed by atoms with E-state index in [1.54, 1.807) is 18.2 Å². The summed E-state index contributed by atoms with van der Waals surface area (Å²) in [6.45, 7) is 0. The first-order valence-electron chi connectivity index (χ1n) is 5.29. The Bertz CT molecular complexity index is 475. The van der Waals surface area contributed by atoms with Gasteiger partial charge in [-0.15, -0.1) is 0 Å². The van der Waals surface area contributed by atoms with Gasteiger partial charge in [0.15, 0.2) is 5.79 Å². The lowest BCUT2D eigenvalue weighted by Gasteiger charge is -2.42. The third-order valence-corrected chi connectivity index (χ3v) is 2.94. The van der Waals surface area contributed by atoms with E-state index in [4.69, 9.17) is 0 Å². The topological polar surface area (TPSA) is 121 Å². The lowest BCUT2D eigenvalue weighted by Crippen LogP contribution is -2.60. The Kier molecular flexibility index (Phi) is 2.82. The third kappa shape index (κ3) is 2.05. The number of hydrogen-bond acceptors (Lipinski definition) is 6. The van der Waals surface area contributed by atoms with Crippen LogP contribution < -0.4 is 0 Å². The summed E-state index contributed by atoms with van der Waals surface area (Å²) in [7, 11) is 0. The first-order chi connectivity index (χ1) is 8.16. The normalized spacial score (nSPS) is 24.4. The molecule has 98 valence electrons. The Hall–Kier alpha value is -1.28. The third-order valence-electron chi connectivity index (χ3n) is 2.94. The second kappa shape index (κ2) is 3.86. The van der Waals surface area contributed by atoms with Crippen LogP contribution in [-0.4, -0.2) is 48.0 Å². The van der Waals surface area contributed by atoms with E-state index in [9.17, 15) is 30.6 Å². The van der Waals surface area contributed by atoms with E-state index in [-0.39, 0.29) is 5.57 Å². The molecule has 0 saturated heterocycles. The van der Waals surface area contributed by atoms with Crippen molar-refractivity contribution in [1.29, 1.82) is 0 Å². The maximum absolute atomic E-state index is 9.80. The fourth-order valence-corrected chi connectivity index (χ4v) is 1.93. The van der Waals surface area contributed by atoms with Crippen molar-refractivity contribution in [2.24, 2.45) is 0 Å². The summed E-state index contributed by atoms with van der Waals surface area (Å²) in [6.07, 6.45) is -0.431. The molecule has 0 aromatic heterocycles. The molecule has 18 heavy (non-hydrogen) atoms. The average Bonchev–Trinajstić information content (AvgIpc) is 2.24. The first-order valence-corrected chi connectivity index (χ1v) is 5.29. The summed E-state index contributed by atoms with van der Waals surface area (Å²) >= 11 is 0. The Balaban J connectivity index is 2.56. The van der Waals surface area contributed by atoms with Crippen molar-refractivity contribution in [3.05, 3.63) is 42.0 Å². The highest BCUT2D eigenvalue weighted by Gasteiger charge is 2.56. The summed E-state index contributed by atoms with van der Waals surface area (Å²) < 4.78 is 0. The lowest BCUT2D eigenvalue weighted by atomic mass is 9.81. The van der Waals surface area contributed by atoms with E-state index in [2.05, 4.69) is 0 Å². The molecule has 0 radical (unpaired) electrons. The van der Waals surface area contributed by atoms with Crippen LogP contribution >= 0.6 is 0 Å². The van der Waals surface area contributed by atoms with Crippen LogP contribution in [0.3, 0.4) is 0 Å². The fourth-order valence-electron chi connectivity index (χ4n) is 1.93. The standard InChI is InChI=1S/C12H14O6/c13-10(14)7-12(17,18)11(15,16)6-9(10)8-4-2-1-3-5-8/h1-6,13-18H,7H2. The zero-order valence-electron chi connectivity index (χ0n) is 9.35. The van der Waals surface area contributed by atoms with Crippen LogP contribution in [0.4, 0.5) is 0 Å². The Morgan fingerprint density at radius 2 is 1.39 bits per heavy atom. The van der Waals surface area contributed by atoms with Crippen LogP contribution in [-0.2, 0) is 0 Å². The van der Waals surface area contributed by atoms with Crippen molar-refractivity contribution in [2.45, 2.75) is 23.8 Å². The van der Waals surface area contributed by atoms with Crippen molar-refractivity contribution in [3.8, 4) is 0 Å². The zero-order valence-corrected chi connectivity index (χ0v) is 9.35. The number of hydrogen-bond donors (Lipinski definition) is 6. The van der Waals surface area contributed by atoms with E-state index in [0.29, 0.717) is 11.6 Å². The van der Waals surface area contributed by atoms with Gasteiger partial charge in [0, 0.05) is 5.57 Å². The van der Waals surface area contributed by atoms with E-state index in [0.717, 1.165) is 0 Å². The van der Waals surface area contributed by atoms with Crippen molar-refractivity contribution in [3.63, 3.8) is 0 Å². The average molecular weight is 254 g/mol. The Morgan fingerprint density at radius 1 is 0.833 bits per heavy atom. The largest absolute Gasteiger partial charge is 0.362 e. The molecule has 1 aliphatic carbocycles. The summed E-state index contributed by atoms with van der Waals surface area (Å²) in [6, 6.07) is 8.03. The Morgan fingerprint density at radius 3 is 1.94 bits per heavy atom. The minimum Gasteiger partial charge on any atom is -0.362 e. The molecule has 0 spiro atoms. The molecule has 1 aromatic carbocycles. The summed E-state index contributed by atoms with van der Waals surface area (Å²) in [4.78, 5) is 0. The van der Waals surface area contributed by atoms with Gasteiger partial charge in [-0.1, -0.05) is 30.3 Å². The van der Waals surface area contributed by atoms with Crippen LogP contribution in [0.15, 0.2) is 36.4 Å². The SMILES string of the molecule is OC1(O)CC(O)(O)C(O)(O)C=C1c1ccccc1. The van der Waals surface area contributed by atoms with E-state index in [1.807, 2.05) is 0 Å². The van der Waals surface area contributed by atoms with Gasteiger partial charge in [-0.2, -0.15) is 0 Å². The molecule has 0 bridgehead atoms. The van der Waals surface area contributed by atoms with Crippen LogP contribution in [0.25, 0.3) is 5.57 Å². The molecule has 0 aliphatic heterocycles. The lowest BCUT2D eigenvalue weighted by molar-refractivity contribution is -0.361. The molecule has 0 unspecified atom stereocenters. The quantitative estimate of drug-likeness (QED) is 0.340. The highest BCUT2D eigenvalue weighted by molar-refractivity contribution is 5.72. The molecule has 2 rings (SSSR count). The fraction of sp³-hybridized carbons (Fsp3) is 0.333. The highest BCUT2D eigenvalue weighted by Crippen LogP contribution is 2.41. The monoisotopic (exact) mass is 254 g/mol. The van der Waals surface area contributed by atoms with Gasteiger partial charge in [0.25, 0.3) is 0 Å². The molecular formula is C12H14O6. The summed E-state index contributed by atoms with van der Waals surface area (Å²) in [5, 5.41) is 57.4. The summed E-state index contributed by atoms with van der Waals surface area (Å²) in [5.41, 5.74) is 0.136. The maximum atomic E-state index is 9.80. The molecule has 0 heterocycles. The molecule has 1 aliphatic rings. The van der Waals surface area contributed by atoms with Crippen molar-refractivity contribution in [1.82, 2.24) is 0 Å². The first kappa shape index (κ1) is 13.2. The maximum Gasteiger partial charge on any atom is 0.239 e. The van der Waals surface area contributed by atoms with Crippen molar-refractivity contribution < 1.29 is 30.6 Å². The van der Waals surface area contributed by atoms with E-state index in [1.165, 1.54) is 12.1 Å². The van der Waals surface area contributed by atoms with Crippen molar-refractivity contribution >= 4 is 5.57 Å². The van der Waals surface area contributed by atoms with Gasteiger partial charge in [0.05, 0.1) is 6.42 Å². The van der Waals surface area contributed by atoms with Gasteiger partial charge in [-0.05, 0) is 11.6 Å². The zero-order chi connectivity index (χ0) is 13.6. The molecule has 1 aromatic rings.